The molecule has 0 aliphatic carbocycles. The molecule has 0 bridgehead atoms. The molecule has 132 valence electrons. The van der Waals surface area contributed by atoms with Crippen LogP contribution in [0.2, 0.25) is 0 Å². The van der Waals surface area contributed by atoms with Gasteiger partial charge < -0.3 is 14.4 Å². The molecule has 24 heavy (non-hydrogen) atoms. The predicted octanol–water partition coefficient (Wildman–Crippen LogP) is 0.257. The van der Waals surface area contributed by atoms with Crippen molar-refractivity contribution in [1.29, 1.82) is 0 Å². The lowest BCUT2D eigenvalue weighted by molar-refractivity contribution is 0.0407. The van der Waals surface area contributed by atoms with Gasteiger partial charge >= 0.3 is 0 Å². The van der Waals surface area contributed by atoms with E-state index in [1.165, 1.54) is 14.2 Å². The number of likely N-dealkylation sites (N-methyl/N-ethyl adjacent to an activating group) is 1. The van der Waals surface area contributed by atoms with E-state index in [0.29, 0.717) is 30.2 Å². The van der Waals surface area contributed by atoms with Gasteiger partial charge in [-0.15, -0.1) is 0 Å². The minimum Gasteiger partial charge on any atom is -0.493 e. The summed E-state index contributed by atoms with van der Waals surface area (Å²) in [7, 11) is 1.78. The highest BCUT2D eigenvalue weighted by Crippen LogP contribution is 2.34. The Bertz CT molecular complexity index is 749. The normalized spacial score (nSPS) is 26.0. The average molecular weight is 354 g/mol. The van der Waals surface area contributed by atoms with Crippen LogP contribution in [0.25, 0.3) is 0 Å². The topological polar surface area (TPSA) is 76.2 Å². The lowest BCUT2D eigenvalue weighted by atomic mass is 10.0. The van der Waals surface area contributed by atoms with E-state index in [1.807, 2.05) is 11.9 Å². The second kappa shape index (κ2) is 6.25. The fourth-order valence-electron chi connectivity index (χ4n) is 3.59. The van der Waals surface area contributed by atoms with Crippen LogP contribution in [0.15, 0.2) is 18.2 Å². The van der Waals surface area contributed by atoms with Gasteiger partial charge in [-0.3, -0.25) is 9.69 Å². The zero-order valence-electron chi connectivity index (χ0n) is 14.1. The summed E-state index contributed by atoms with van der Waals surface area (Å²) in [4.78, 5) is 16.8. The van der Waals surface area contributed by atoms with Gasteiger partial charge in [0.15, 0.2) is 21.3 Å². The van der Waals surface area contributed by atoms with E-state index in [-0.39, 0.29) is 29.5 Å². The molecule has 0 aromatic heterocycles. The summed E-state index contributed by atoms with van der Waals surface area (Å²) in [5, 5.41) is 0. The SMILES string of the molecule is COc1cccc(C(=O)N2CCN(C)[C@H]3CS(=O)(=O)C[C@H]32)c1OC. The first-order valence-electron chi connectivity index (χ1n) is 7.80. The molecule has 0 radical (unpaired) electrons. The number of sulfone groups is 1. The van der Waals surface area contributed by atoms with Crippen LogP contribution < -0.4 is 9.47 Å². The molecule has 0 saturated carbocycles. The Morgan fingerprint density at radius 3 is 2.50 bits per heavy atom. The van der Waals surface area contributed by atoms with E-state index in [1.54, 1.807) is 23.1 Å². The molecular formula is C16H22N2O5S. The number of hydrogen-bond donors (Lipinski definition) is 0. The highest BCUT2D eigenvalue weighted by atomic mass is 32.2. The van der Waals surface area contributed by atoms with E-state index in [0.717, 1.165) is 0 Å². The van der Waals surface area contributed by atoms with Gasteiger partial charge in [0.1, 0.15) is 0 Å². The maximum absolute atomic E-state index is 13.1. The summed E-state index contributed by atoms with van der Waals surface area (Å²) in [5.74, 6) is 0.757. The standard InChI is InChI=1S/C16H22N2O5S/c1-17-7-8-18(13-10-24(20,21)9-12(13)17)16(19)11-5-4-6-14(22-2)15(11)23-3/h4-6,12-13H,7-10H2,1-3H3/t12-,13+/m0/s1. The number of ether oxygens (including phenoxy) is 2. The number of piperazine rings is 1. The first-order valence-corrected chi connectivity index (χ1v) is 9.62. The maximum Gasteiger partial charge on any atom is 0.258 e. The number of fused-ring (bicyclic) bond motifs is 1. The smallest absolute Gasteiger partial charge is 0.258 e. The van der Waals surface area contributed by atoms with Crippen LogP contribution in [0.1, 0.15) is 10.4 Å². The number of amides is 1. The van der Waals surface area contributed by atoms with Gasteiger partial charge in [0.2, 0.25) is 0 Å². The van der Waals surface area contributed by atoms with Crippen LogP contribution in [-0.4, -0.2) is 82.1 Å². The van der Waals surface area contributed by atoms with E-state index in [4.69, 9.17) is 9.47 Å². The largest absolute Gasteiger partial charge is 0.493 e. The predicted molar refractivity (Wildman–Crippen MR) is 89.4 cm³/mol. The molecule has 2 fully saturated rings. The van der Waals surface area contributed by atoms with Crippen LogP contribution in [0, 0.1) is 0 Å². The van der Waals surface area contributed by atoms with E-state index in [2.05, 4.69) is 0 Å². The molecular weight excluding hydrogens is 332 g/mol. The van der Waals surface area contributed by atoms with Crippen molar-refractivity contribution in [2.75, 3.05) is 45.9 Å². The van der Waals surface area contributed by atoms with E-state index < -0.39 is 9.84 Å². The fourth-order valence-corrected chi connectivity index (χ4v) is 5.64. The van der Waals surface area contributed by atoms with Gasteiger partial charge in [-0.25, -0.2) is 8.42 Å². The minimum atomic E-state index is -3.13. The fraction of sp³-hybridized carbons (Fsp3) is 0.562. The molecule has 2 aliphatic rings. The second-order valence-electron chi connectivity index (χ2n) is 6.23. The lowest BCUT2D eigenvalue weighted by Crippen LogP contribution is -2.59. The van der Waals surface area contributed by atoms with E-state index in [9.17, 15) is 13.2 Å². The highest BCUT2D eigenvalue weighted by molar-refractivity contribution is 7.91. The molecule has 2 heterocycles. The molecule has 3 rings (SSSR count). The molecule has 0 unspecified atom stereocenters. The van der Waals surface area contributed by atoms with Crippen molar-refractivity contribution in [1.82, 2.24) is 9.80 Å². The van der Waals surface area contributed by atoms with Crippen molar-refractivity contribution in [2.24, 2.45) is 0 Å². The van der Waals surface area contributed by atoms with Gasteiger partial charge in [0.25, 0.3) is 5.91 Å². The summed E-state index contributed by atoms with van der Waals surface area (Å²) in [5.41, 5.74) is 0.393. The Balaban J connectivity index is 1.96. The first-order chi connectivity index (χ1) is 11.4. The van der Waals surface area contributed by atoms with Gasteiger partial charge in [-0.1, -0.05) is 6.07 Å². The number of benzene rings is 1. The highest BCUT2D eigenvalue weighted by Gasteiger charge is 2.47. The number of para-hydroxylation sites is 1. The molecule has 2 atom stereocenters. The zero-order chi connectivity index (χ0) is 17.5. The van der Waals surface area contributed by atoms with Gasteiger partial charge in [-0.05, 0) is 19.2 Å². The zero-order valence-corrected chi connectivity index (χ0v) is 14.9. The van der Waals surface area contributed by atoms with Crippen molar-refractivity contribution in [3.63, 3.8) is 0 Å². The summed E-state index contributed by atoms with van der Waals surface area (Å²) in [6.45, 7) is 1.14. The Kier molecular flexibility index (Phi) is 4.44. The Morgan fingerprint density at radius 1 is 1.12 bits per heavy atom. The summed E-state index contributed by atoms with van der Waals surface area (Å²) in [6, 6.07) is 4.66. The average Bonchev–Trinajstić information content (AvgIpc) is 2.89. The number of methoxy groups -OCH3 is 2. The first kappa shape index (κ1) is 17.0. The summed E-state index contributed by atoms with van der Waals surface area (Å²) >= 11 is 0. The Morgan fingerprint density at radius 2 is 1.83 bits per heavy atom. The Labute approximate surface area is 142 Å². The van der Waals surface area contributed by atoms with Gasteiger partial charge in [0, 0.05) is 19.1 Å². The van der Waals surface area contributed by atoms with Crippen LogP contribution in [0.3, 0.4) is 0 Å². The third kappa shape index (κ3) is 2.84. The van der Waals surface area contributed by atoms with Crippen molar-refractivity contribution in [2.45, 2.75) is 12.1 Å². The van der Waals surface area contributed by atoms with Crippen LogP contribution in [0.4, 0.5) is 0 Å². The number of carbonyl (C=O) groups excluding carboxylic acids is 1. The molecule has 1 aromatic carbocycles. The van der Waals surface area contributed by atoms with Crippen molar-refractivity contribution < 1.29 is 22.7 Å². The minimum absolute atomic E-state index is 0.0139. The van der Waals surface area contributed by atoms with Crippen LogP contribution >= 0.6 is 0 Å². The van der Waals surface area contributed by atoms with Crippen molar-refractivity contribution >= 4 is 15.7 Å². The molecule has 1 aromatic rings. The van der Waals surface area contributed by atoms with E-state index >= 15 is 0 Å². The van der Waals surface area contributed by atoms with Crippen LogP contribution in [0.5, 0.6) is 11.5 Å². The van der Waals surface area contributed by atoms with Crippen molar-refractivity contribution in [3.8, 4) is 11.5 Å². The molecule has 7 nitrogen and oxygen atoms in total. The summed E-state index contributed by atoms with van der Waals surface area (Å²) < 4.78 is 34.7. The maximum atomic E-state index is 13.1. The van der Waals surface area contributed by atoms with Crippen LogP contribution in [-0.2, 0) is 9.84 Å². The number of rotatable bonds is 3. The third-order valence-corrected chi connectivity index (χ3v) is 6.55. The Hall–Kier alpha value is -1.80. The number of carbonyl (C=O) groups is 1. The quantitative estimate of drug-likeness (QED) is 0.775. The molecule has 2 aliphatic heterocycles. The molecule has 8 heteroatoms. The molecule has 2 saturated heterocycles. The molecule has 1 amide bonds. The lowest BCUT2D eigenvalue weighted by Gasteiger charge is -2.42. The van der Waals surface area contributed by atoms with Gasteiger partial charge in [-0.2, -0.15) is 0 Å². The monoisotopic (exact) mass is 354 g/mol. The third-order valence-electron chi connectivity index (χ3n) is 4.85. The second-order valence-corrected chi connectivity index (χ2v) is 8.39. The number of hydrogen-bond acceptors (Lipinski definition) is 6. The van der Waals surface area contributed by atoms with Gasteiger partial charge in [0.05, 0.1) is 37.3 Å². The molecule has 0 spiro atoms. The number of nitrogens with zero attached hydrogens (tertiary/aromatic N) is 2. The summed E-state index contributed by atoms with van der Waals surface area (Å²) in [6.07, 6.45) is 0. The van der Waals surface area contributed by atoms with Crippen molar-refractivity contribution in [3.05, 3.63) is 23.8 Å². The molecule has 0 N–H and O–H groups in total.